The third-order valence-electron chi connectivity index (χ3n) is 2.86. The molecule has 0 radical (unpaired) electrons. The summed E-state index contributed by atoms with van der Waals surface area (Å²) in [5, 5.41) is 4.03. The van der Waals surface area contributed by atoms with Crippen molar-refractivity contribution in [3.05, 3.63) is 30.6 Å². The summed E-state index contributed by atoms with van der Waals surface area (Å²) >= 11 is 0. The van der Waals surface area contributed by atoms with E-state index in [4.69, 9.17) is 10.5 Å². The first-order valence-corrected chi connectivity index (χ1v) is 6.82. The minimum Gasteiger partial charge on any atom is -0.484 e. The van der Waals surface area contributed by atoms with Crippen LogP contribution in [0.3, 0.4) is 0 Å². The second-order valence-electron chi connectivity index (χ2n) is 4.69. The molecule has 0 aliphatic rings. The van der Waals surface area contributed by atoms with E-state index in [2.05, 4.69) is 9.84 Å². The van der Waals surface area contributed by atoms with E-state index in [9.17, 15) is 22.0 Å². The van der Waals surface area contributed by atoms with Gasteiger partial charge in [-0.25, -0.2) is 8.78 Å². The summed E-state index contributed by atoms with van der Waals surface area (Å²) in [7, 11) is 0. The van der Waals surface area contributed by atoms with E-state index in [0.29, 0.717) is 24.2 Å². The first-order chi connectivity index (χ1) is 11.3. The maximum atomic E-state index is 12.4. The van der Waals surface area contributed by atoms with Gasteiger partial charge in [0.05, 0.1) is 12.7 Å². The third-order valence-corrected chi connectivity index (χ3v) is 2.86. The fourth-order valence-corrected chi connectivity index (χ4v) is 1.93. The highest BCUT2D eigenvalue weighted by Gasteiger charge is 2.32. The van der Waals surface area contributed by atoms with Gasteiger partial charge in [0.25, 0.3) is 6.43 Å². The van der Waals surface area contributed by atoms with Crippen LogP contribution in [-0.2, 0) is 6.54 Å². The number of nitrogens with zero attached hydrogens (tertiary/aromatic N) is 2. The summed E-state index contributed by atoms with van der Waals surface area (Å²) in [6.07, 6.45) is -4.69. The number of rotatable bonds is 7. The summed E-state index contributed by atoms with van der Waals surface area (Å²) in [5.74, 6) is -1.13. The van der Waals surface area contributed by atoms with Crippen LogP contribution in [0.4, 0.5) is 22.0 Å². The van der Waals surface area contributed by atoms with E-state index < -0.39 is 30.9 Å². The zero-order chi connectivity index (χ0) is 17.7. The lowest BCUT2D eigenvalue weighted by atomic mass is 10.1. The molecule has 2 N–H and O–H groups in total. The molecule has 1 heterocycles. The standard InChI is InChI=1S/C14H14F5N3O2/c15-13(16)8-23-12-5-9(1-2-11(12)24-14(17,18)19)10-6-21-22(7-10)4-3-20/h1-2,5-7,13H,3-4,8,20H2. The normalized spacial score (nSPS) is 11.8. The lowest BCUT2D eigenvalue weighted by molar-refractivity contribution is -0.275. The van der Waals surface area contributed by atoms with Gasteiger partial charge in [0.1, 0.15) is 6.61 Å². The molecule has 0 spiro atoms. The van der Waals surface area contributed by atoms with Crippen LogP contribution < -0.4 is 15.2 Å². The number of alkyl halides is 5. The van der Waals surface area contributed by atoms with E-state index in [1.54, 1.807) is 10.9 Å². The van der Waals surface area contributed by atoms with Gasteiger partial charge in [0, 0.05) is 18.3 Å². The topological polar surface area (TPSA) is 62.3 Å². The van der Waals surface area contributed by atoms with Crippen LogP contribution in [-0.4, -0.2) is 35.7 Å². The lowest BCUT2D eigenvalue weighted by Crippen LogP contribution is -2.18. The minimum atomic E-state index is -4.96. The van der Waals surface area contributed by atoms with Crippen LogP contribution >= 0.6 is 0 Å². The van der Waals surface area contributed by atoms with Gasteiger partial charge in [-0.05, 0) is 17.7 Å². The molecule has 2 aromatic rings. The monoisotopic (exact) mass is 351 g/mol. The van der Waals surface area contributed by atoms with Crippen molar-refractivity contribution in [2.24, 2.45) is 5.73 Å². The molecule has 0 fully saturated rings. The van der Waals surface area contributed by atoms with E-state index in [1.807, 2.05) is 0 Å². The van der Waals surface area contributed by atoms with Gasteiger partial charge in [0.2, 0.25) is 0 Å². The maximum absolute atomic E-state index is 12.4. The fraction of sp³-hybridized carbons (Fsp3) is 0.357. The number of hydrogen-bond donors (Lipinski definition) is 1. The molecule has 5 nitrogen and oxygen atoms in total. The van der Waals surface area contributed by atoms with Crippen molar-refractivity contribution >= 4 is 0 Å². The Morgan fingerprint density at radius 1 is 1.17 bits per heavy atom. The molecule has 2 rings (SSSR count). The SMILES string of the molecule is NCCn1cc(-c2ccc(OC(F)(F)F)c(OCC(F)F)c2)cn1. The van der Waals surface area contributed by atoms with Gasteiger partial charge >= 0.3 is 6.36 Å². The highest BCUT2D eigenvalue weighted by Crippen LogP contribution is 2.36. The van der Waals surface area contributed by atoms with Crippen LogP contribution in [0.5, 0.6) is 11.5 Å². The average molecular weight is 351 g/mol. The molecule has 0 amide bonds. The molecule has 0 saturated carbocycles. The molecule has 132 valence electrons. The van der Waals surface area contributed by atoms with Crippen molar-refractivity contribution in [1.82, 2.24) is 9.78 Å². The Labute approximate surface area is 133 Å². The van der Waals surface area contributed by atoms with Crippen LogP contribution in [0.2, 0.25) is 0 Å². The Morgan fingerprint density at radius 2 is 1.92 bits per heavy atom. The Balaban J connectivity index is 2.30. The largest absolute Gasteiger partial charge is 0.573 e. The van der Waals surface area contributed by atoms with Gasteiger partial charge in [-0.3, -0.25) is 4.68 Å². The Morgan fingerprint density at radius 3 is 2.54 bits per heavy atom. The summed E-state index contributed by atoms with van der Waals surface area (Å²) < 4.78 is 71.8. The van der Waals surface area contributed by atoms with Crippen LogP contribution in [0.25, 0.3) is 11.1 Å². The van der Waals surface area contributed by atoms with Crippen LogP contribution in [0.1, 0.15) is 0 Å². The lowest BCUT2D eigenvalue weighted by Gasteiger charge is -2.15. The summed E-state index contributed by atoms with van der Waals surface area (Å²) in [5.41, 5.74) is 6.42. The zero-order valence-electron chi connectivity index (χ0n) is 12.3. The Bertz CT molecular complexity index is 673. The van der Waals surface area contributed by atoms with Gasteiger partial charge in [-0.15, -0.1) is 13.2 Å². The summed E-state index contributed by atoms with van der Waals surface area (Å²) in [6.45, 7) is -0.226. The van der Waals surface area contributed by atoms with Gasteiger partial charge in [0.15, 0.2) is 11.5 Å². The Kier molecular flexibility index (Phi) is 5.60. The Hall–Kier alpha value is -2.36. The van der Waals surface area contributed by atoms with Crippen molar-refractivity contribution in [3.63, 3.8) is 0 Å². The molecule has 0 aliphatic heterocycles. The van der Waals surface area contributed by atoms with E-state index in [-0.39, 0.29) is 0 Å². The minimum absolute atomic E-state index is 0.363. The molecule has 0 saturated heterocycles. The fourth-order valence-electron chi connectivity index (χ4n) is 1.93. The summed E-state index contributed by atoms with van der Waals surface area (Å²) in [4.78, 5) is 0. The highest BCUT2D eigenvalue weighted by atomic mass is 19.4. The predicted molar refractivity (Wildman–Crippen MR) is 74.9 cm³/mol. The number of nitrogens with two attached hydrogens (primary N) is 1. The van der Waals surface area contributed by atoms with E-state index in [1.165, 1.54) is 18.3 Å². The second kappa shape index (κ2) is 7.47. The van der Waals surface area contributed by atoms with Crippen molar-refractivity contribution in [2.75, 3.05) is 13.2 Å². The molecule has 24 heavy (non-hydrogen) atoms. The van der Waals surface area contributed by atoms with Crippen molar-refractivity contribution in [1.29, 1.82) is 0 Å². The van der Waals surface area contributed by atoms with Gasteiger partial charge in [-0.2, -0.15) is 5.10 Å². The molecule has 10 heteroatoms. The number of halogens is 5. The molecule has 0 aliphatic carbocycles. The first kappa shape index (κ1) is 18.0. The molecule has 0 unspecified atom stereocenters. The maximum Gasteiger partial charge on any atom is 0.573 e. The summed E-state index contributed by atoms with van der Waals surface area (Å²) in [6, 6.07) is 3.54. The quantitative estimate of drug-likeness (QED) is 0.779. The molecule has 0 bridgehead atoms. The molecule has 1 aromatic heterocycles. The van der Waals surface area contributed by atoms with Gasteiger partial charge in [-0.1, -0.05) is 6.07 Å². The zero-order valence-corrected chi connectivity index (χ0v) is 12.3. The highest BCUT2D eigenvalue weighted by molar-refractivity contribution is 5.66. The van der Waals surface area contributed by atoms with Crippen LogP contribution in [0, 0.1) is 0 Å². The second-order valence-corrected chi connectivity index (χ2v) is 4.69. The third kappa shape index (κ3) is 5.08. The number of benzene rings is 1. The van der Waals surface area contributed by atoms with Crippen molar-refractivity contribution < 1.29 is 31.4 Å². The molecular weight excluding hydrogens is 337 g/mol. The van der Waals surface area contributed by atoms with E-state index >= 15 is 0 Å². The van der Waals surface area contributed by atoms with Crippen molar-refractivity contribution in [3.8, 4) is 22.6 Å². The number of aromatic nitrogens is 2. The smallest absolute Gasteiger partial charge is 0.484 e. The molecule has 0 atom stereocenters. The molecular formula is C14H14F5N3O2. The van der Waals surface area contributed by atoms with Crippen LogP contribution in [0.15, 0.2) is 30.6 Å². The number of hydrogen-bond acceptors (Lipinski definition) is 4. The predicted octanol–water partition coefficient (Wildman–Crippen LogP) is 3.05. The number of ether oxygens (including phenoxy) is 2. The van der Waals surface area contributed by atoms with Gasteiger partial charge < -0.3 is 15.2 Å². The van der Waals surface area contributed by atoms with Crippen molar-refractivity contribution in [2.45, 2.75) is 19.3 Å². The average Bonchev–Trinajstić information content (AvgIpc) is 2.93. The molecule has 1 aromatic carbocycles. The first-order valence-electron chi connectivity index (χ1n) is 6.82. The van der Waals surface area contributed by atoms with E-state index in [0.717, 1.165) is 6.07 Å².